The van der Waals surface area contributed by atoms with Crippen molar-refractivity contribution >= 4 is 19.0 Å². The van der Waals surface area contributed by atoms with Crippen molar-refractivity contribution in [2.45, 2.75) is 39.4 Å². The summed E-state index contributed by atoms with van der Waals surface area (Å²) in [6.45, 7) is 8.46. The maximum atomic E-state index is 6.09. The fraction of sp³-hybridized carbons (Fsp3) is 0.538. The van der Waals surface area contributed by atoms with Gasteiger partial charge in [0.25, 0.3) is 7.73 Å². The number of hydrogen-bond donors (Lipinski definition) is 0. The van der Waals surface area contributed by atoms with Gasteiger partial charge >= 0.3 is 0 Å². The lowest BCUT2D eigenvalue weighted by atomic mass is 9.71. The Hall–Kier alpha value is -0.140. The van der Waals surface area contributed by atoms with E-state index in [1.54, 1.807) is 0 Å². The molecule has 0 bridgehead atoms. The predicted molar refractivity (Wildman–Crippen MR) is 72.0 cm³/mol. The highest BCUT2D eigenvalue weighted by Gasteiger charge is 2.51. The second-order valence-electron chi connectivity index (χ2n) is 5.43. The maximum Gasteiger partial charge on any atom is 0.277 e. The Kier molecular flexibility index (Phi) is 3.53. The molecule has 0 spiro atoms. The van der Waals surface area contributed by atoms with Crippen molar-refractivity contribution in [1.82, 2.24) is 0 Å². The van der Waals surface area contributed by atoms with E-state index in [1.165, 1.54) is 0 Å². The van der Waals surface area contributed by atoms with Gasteiger partial charge in [0.1, 0.15) is 0 Å². The molecule has 1 saturated heterocycles. The van der Waals surface area contributed by atoms with E-state index in [-0.39, 0.29) is 17.1 Å². The maximum absolute atomic E-state index is 6.09. The second kappa shape index (κ2) is 4.51. The minimum atomic E-state index is -1.33. The molecule has 2 atom stereocenters. The van der Waals surface area contributed by atoms with E-state index in [1.807, 2.05) is 18.2 Å². The van der Waals surface area contributed by atoms with Crippen LogP contribution < -0.4 is 0 Å². The molecule has 0 saturated carbocycles. The summed E-state index contributed by atoms with van der Waals surface area (Å²) >= 11 is 6.09. The molecular formula is C13H18ClO2P. The monoisotopic (exact) mass is 272 g/mol. The van der Waals surface area contributed by atoms with Crippen molar-refractivity contribution in [3.8, 4) is 0 Å². The van der Waals surface area contributed by atoms with Crippen LogP contribution in [-0.2, 0) is 9.05 Å². The van der Waals surface area contributed by atoms with Gasteiger partial charge in [0.05, 0.1) is 11.7 Å². The van der Waals surface area contributed by atoms with Gasteiger partial charge in [0, 0.05) is 5.41 Å². The molecule has 1 aromatic carbocycles. The smallest absolute Gasteiger partial charge is 0.277 e. The van der Waals surface area contributed by atoms with E-state index < -0.39 is 7.73 Å². The van der Waals surface area contributed by atoms with E-state index in [0.29, 0.717) is 0 Å². The number of halogens is 1. The third-order valence-corrected chi connectivity index (χ3v) is 5.22. The molecule has 94 valence electrons. The molecule has 2 nitrogen and oxygen atoms in total. The Morgan fingerprint density at radius 1 is 1.12 bits per heavy atom. The molecule has 0 N–H and O–H groups in total. The van der Waals surface area contributed by atoms with Gasteiger partial charge in [-0.2, -0.15) is 0 Å². The fourth-order valence-corrected chi connectivity index (χ4v) is 3.90. The standard InChI is InChI=1S/C13H18ClO2P/c1-12(2)11(10-8-6-5-7-9-10)15-17(14)16-13(12,3)4/h5-9,11H,1-4H3/t11-,17?/m1/s1. The minimum Gasteiger partial charge on any atom is -0.315 e. The van der Waals surface area contributed by atoms with Crippen molar-refractivity contribution in [3.05, 3.63) is 35.9 Å². The minimum absolute atomic E-state index is 0.0314. The summed E-state index contributed by atoms with van der Waals surface area (Å²) in [5, 5.41) is 0. The first-order chi connectivity index (χ1) is 7.84. The third kappa shape index (κ3) is 2.37. The van der Waals surface area contributed by atoms with E-state index in [0.717, 1.165) is 5.56 Å². The van der Waals surface area contributed by atoms with Gasteiger partial charge < -0.3 is 9.05 Å². The SMILES string of the molecule is CC1(C)OP(Cl)O[C@H](c2ccccc2)C1(C)C. The molecule has 1 heterocycles. The van der Waals surface area contributed by atoms with Gasteiger partial charge in [0.2, 0.25) is 0 Å². The van der Waals surface area contributed by atoms with Crippen molar-refractivity contribution in [2.24, 2.45) is 5.41 Å². The first-order valence-corrected chi connectivity index (χ1v) is 7.79. The highest BCUT2D eigenvalue weighted by Crippen LogP contribution is 2.64. The molecule has 2 rings (SSSR count). The van der Waals surface area contributed by atoms with Gasteiger partial charge in [-0.05, 0) is 30.7 Å². The van der Waals surface area contributed by atoms with Gasteiger partial charge in [-0.15, -0.1) is 0 Å². The molecule has 1 unspecified atom stereocenters. The van der Waals surface area contributed by atoms with Crippen LogP contribution >= 0.6 is 19.0 Å². The van der Waals surface area contributed by atoms with Gasteiger partial charge in [-0.3, -0.25) is 0 Å². The van der Waals surface area contributed by atoms with Crippen LogP contribution in [-0.4, -0.2) is 5.60 Å². The Labute approximate surface area is 109 Å². The molecule has 1 fully saturated rings. The van der Waals surface area contributed by atoms with E-state index in [2.05, 4.69) is 39.8 Å². The van der Waals surface area contributed by atoms with Gasteiger partial charge in [0.15, 0.2) is 0 Å². The van der Waals surface area contributed by atoms with Crippen LogP contribution in [0.2, 0.25) is 0 Å². The number of hydrogen-bond acceptors (Lipinski definition) is 2. The van der Waals surface area contributed by atoms with Gasteiger partial charge in [-0.1, -0.05) is 44.2 Å². The normalized spacial score (nSPS) is 31.1. The molecule has 0 radical (unpaired) electrons. The summed E-state index contributed by atoms with van der Waals surface area (Å²) < 4.78 is 11.6. The molecule has 17 heavy (non-hydrogen) atoms. The Balaban J connectivity index is 2.39. The first kappa shape index (κ1) is 13.3. The van der Waals surface area contributed by atoms with E-state index >= 15 is 0 Å². The summed E-state index contributed by atoms with van der Waals surface area (Å²) in [6, 6.07) is 10.2. The summed E-state index contributed by atoms with van der Waals surface area (Å²) in [5.41, 5.74) is 0.711. The van der Waals surface area contributed by atoms with Crippen LogP contribution in [0, 0.1) is 5.41 Å². The fourth-order valence-electron chi connectivity index (χ4n) is 1.95. The first-order valence-electron chi connectivity index (χ1n) is 5.71. The lowest BCUT2D eigenvalue weighted by Gasteiger charge is -2.50. The largest absolute Gasteiger partial charge is 0.315 e. The van der Waals surface area contributed by atoms with Crippen LogP contribution in [0.4, 0.5) is 0 Å². The average molecular weight is 273 g/mol. The van der Waals surface area contributed by atoms with Crippen LogP contribution in [0.25, 0.3) is 0 Å². The van der Waals surface area contributed by atoms with Crippen molar-refractivity contribution in [1.29, 1.82) is 0 Å². The predicted octanol–water partition coefficient (Wildman–Crippen LogP) is 5.05. The van der Waals surface area contributed by atoms with Crippen LogP contribution in [0.5, 0.6) is 0 Å². The molecule has 1 aliphatic heterocycles. The van der Waals surface area contributed by atoms with E-state index in [4.69, 9.17) is 20.3 Å². The summed E-state index contributed by atoms with van der Waals surface area (Å²) in [7, 11) is -1.33. The second-order valence-corrected chi connectivity index (χ2v) is 7.08. The quantitative estimate of drug-likeness (QED) is 0.667. The topological polar surface area (TPSA) is 18.5 Å². The van der Waals surface area contributed by atoms with Crippen molar-refractivity contribution in [2.75, 3.05) is 0 Å². The molecule has 0 aliphatic carbocycles. The molecule has 1 aliphatic rings. The number of benzene rings is 1. The highest BCUT2D eigenvalue weighted by molar-refractivity contribution is 7.76. The average Bonchev–Trinajstić information content (AvgIpc) is 2.24. The van der Waals surface area contributed by atoms with Crippen LogP contribution in [0.15, 0.2) is 30.3 Å². The zero-order valence-electron chi connectivity index (χ0n) is 10.6. The molecule has 1 aromatic rings. The molecular weight excluding hydrogens is 255 g/mol. The highest BCUT2D eigenvalue weighted by atomic mass is 35.7. The molecule has 4 heteroatoms. The number of rotatable bonds is 1. The Morgan fingerprint density at radius 2 is 1.71 bits per heavy atom. The third-order valence-electron chi connectivity index (χ3n) is 3.80. The van der Waals surface area contributed by atoms with Crippen LogP contribution in [0.3, 0.4) is 0 Å². The molecule has 0 aromatic heterocycles. The zero-order chi connectivity index (χ0) is 12.7. The lowest BCUT2D eigenvalue weighted by molar-refractivity contribution is -0.115. The van der Waals surface area contributed by atoms with Crippen molar-refractivity contribution < 1.29 is 9.05 Å². The van der Waals surface area contributed by atoms with Gasteiger partial charge in [-0.25, -0.2) is 0 Å². The lowest BCUT2D eigenvalue weighted by Crippen LogP contribution is -2.47. The summed E-state index contributed by atoms with van der Waals surface area (Å²) in [5.74, 6) is 0. The van der Waals surface area contributed by atoms with Crippen LogP contribution in [0.1, 0.15) is 39.4 Å². The van der Waals surface area contributed by atoms with Crippen molar-refractivity contribution in [3.63, 3.8) is 0 Å². The Morgan fingerprint density at radius 3 is 2.29 bits per heavy atom. The van der Waals surface area contributed by atoms with E-state index in [9.17, 15) is 0 Å². The molecule has 0 amide bonds. The summed E-state index contributed by atoms with van der Waals surface area (Å²) in [6.07, 6.45) is -0.0314. The zero-order valence-corrected chi connectivity index (χ0v) is 12.3. The Bertz CT molecular complexity index is 392. The summed E-state index contributed by atoms with van der Waals surface area (Å²) in [4.78, 5) is 0.